The molecule has 1 atom stereocenters. The summed E-state index contributed by atoms with van der Waals surface area (Å²) in [7, 11) is 1.51. The monoisotopic (exact) mass is 335 g/mol. The van der Waals surface area contributed by atoms with Gasteiger partial charge in [-0.1, -0.05) is 36.3 Å². The molecule has 5 heteroatoms. The number of benzene rings is 2. The van der Waals surface area contributed by atoms with Crippen LogP contribution in [0, 0.1) is 12.3 Å². The fraction of sp³-hybridized carbons (Fsp3) is 0.200. The van der Waals surface area contributed by atoms with E-state index in [1.807, 2.05) is 0 Å². The Labute approximate surface area is 145 Å². The molecule has 5 nitrogen and oxygen atoms in total. The van der Waals surface area contributed by atoms with Crippen LogP contribution in [0.15, 0.2) is 48.5 Å². The molecule has 0 aliphatic carbocycles. The van der Waals surface area contributed by atoms with Crippen molar-refractivity contribution >= 4 is 17.4 Å². The molecule has 1 amide bonds. The number of nitrogens with zero attached hydrogens (tertiary/aromatic N) is 1. The number of Topliss-reactive ketones (excluding diaryl/α,β-unsaturated/α-hetero) is 1. The average molecular weight is 335 g/mol. The topological polar surface area (TPSA) is 66.8 Å². The van der Waals surface area contributed by atoms with Gasteiger partial charge in [-0.3, -0.25) is 14.5 Å². The van der Waals surface area contributed by atoms with Crippen LogP contribution < -0.4 is 9.64 Å². The molecule has 0 saturated heterocycles. The zero-order valence-corrected chi connectivity index (χ0v) is 13.7. The summed E-state index contributed by atoms with van der Waals surface area (Å²) < 4.78 is 5.11. The second kappa shape index (κ2) is 6.42. The van der Waals surface area contributed by atoms with Crippen LogP contribution in [-0.2, 0) is 10.4 Å². The van der Waals surface area contributed by atoms with E-state index in [1.165, 1.54) is 12.0 Å². The molecule has 0 saturated carbocycles. The molecular formula is C20H17NO4. The van der Waals surface area contributed by atoms with Crippen molar-refractivity contribution in [2.45, 2.75) is 12.0 Å². The zero-order valence-electron chi connectivity index (χ0n) is 13.7. The summed E-state index contributed by atoms with van der Waals surface area (Å²) >= 11 is 0. The SMILES string of the molecule is C#CCN1C(=O)[C@@](O)(CC(=O)c2cccc(OC)c2)c2ccccc21. The Hall–Kier alpha value is -3.10. The normalized spacial score (nSPS) is 18.6. The number of carbonyl (C=O) groups excluding carboxylic acids is 2. The number of carbonyl (C=O) groups is 2. The Morgan fingerprint density at radius 1 is 1.28 bits per heavy atom. The van der Waals surface area contributed by atoms with E-state index < -0.39 is 11.5 Å². The molecule has 2 aromatic carbocycles. The number of aliphatic hydroxyl groups is 1. The lowest BCUT2D eigenvalue weighted by Gasteiger charge is -2.22. The molecule has 0 unspecified atom stereocenters. The van der Waals surface area contributed by atoms with Crippen molar-refractivity contribution in [2.24, 2.45) is 0 Å². The van der Waals surface area contributed by atoms with Gasteiger partial charge in [0, 0.05) is 11.1 Å². The van der Waals surface area contributed by atoms with Crippen LogP contribution in [0.4, 0.5) is 5.69 Å². The van der Waals surface area contributed by atoms with Gasteiger partial charge < -0.3 is 9.84 Å². The molecule has 1 aliphatic heterocycles. The van der Waals surface area contributed by atoms with Gasteiger partial charge in [0.2, 0.25) is 0 Å². The van der Waals surface area contributed by atoms with E-state index in [-0.39, 0.29) is 18.7 Å². The van der Waals surface area contributed by atoms with Gasteiger partial charge in [-0.25, -0.2) is 0 Å². The van der Waals surface area contributed by atoms with Crippen molar-refractivity contribution in [3.05, 3.63) is 59.7 Å². The Morgan fingerprint density at radius 2 is 2.04 bits per heavy atom. The molecule has 126 valence electrons. The lowest BCUT2D eigenvalue weighted by molar-refractivity contribution is -0.135. The third kappa shape index (κ3) is 2.77. The van der Waals surface area contributed by atoms with Gasteiger partial charge in [0.15, 0.2) is 11.4 Å². The summed E-state index contributed by atoms with van der Waals surface area (Å²) in [5, 5.41) is 11.1. The first-order chi connectivity index (χ1) is 12.0. The maximum absolute atomic E-state index is 12.8. The van der Waals surface area contributed by atoms with Crippen LogP contribution in [-0.4, -0.2) is 30.5 Å². The molecule has 0 fully saturated rings. The van der Waals surface area contributed by atoms with E-state index in [4.69, 9.17) is 11.2 Å². The van der Waals surface area contributed by atoms with Crippen LogP contribution in [0.5, 0.6) is 5.75 Å². The second-order valence-corrected chi connectivity index (χ2v) is 5.80. The predicted molar refractivity (Wildman–Crippen MR) is 93.5 cm³/mol. The highest BCUT2D eigenvalue weighted by molar-refractivity contribution is 6.11. The van der Waals surface area contributed by atoms with E-state index in [2.05, 4.69) is 5.92 Å². The Kier molecular flexibility index (Phi) is 4.30. The standard InChI is InChI=1S/C20H17NO4/c1-3-11-21-17-10-5-4-9-16(17)20(24,19(21)23)13-18(22)14-7-6-8-15(12-14)25-2/h1,4-10,12,24H,11,13H2,2H3/t20-/m1/s1. The number of fused-ring (bicyclic) bond motifs is 1. The number of ether oxygens (including phenoxy) is 1. The van der Waals surface area contributed by atoms with Crippen molar-refractivity contribution in [3.8, 4) is 18.1 Å². The molecule has 1 N–H and O–H groups in total. The number of amides is 1. The predicted octanol–water partition coefficient (Wildman–Crippen LogP) is 2.14. The molecule has 1 aliphatic rings. The molecule has 1 heterocycles. The van der Waals surface area contributed by atoms with Crippen LogP contribution >= 0.6 is 0 Å². The second-order valence-electron chi connectivity index (χ2n) is 5.80. The minimum atomic E-state index is -1.92. The Balaban J connectivity index is 1.97. The van der Waals surface area contributed by atoms with Gasteiger partial charge in [-0.2, -0.15) is 0 Å². The molecular weight excluding hydrogens is 318 g/mol. The molecule has 0 bridgehead atoms. The lowest BCUT2D eigenvalue weighted by atomic mass is 9.88. The summed E-state index contributed by atoms with van der Waals surface area (Å²) in [6, 6.07) is 13.4. The minimum Gasteiger partial charge on any atom is -0.497 e. The Morgan fingerprint density at radius 3 is 2.76 bits per heavy atom. The molecule has 3 rings (SSSR count). The fourth-order valence-corrected chi connectivity index (χ4v) is 3.06. The molecule has 0 radical (unpaired) electrons. The van der Waals surface area contributed by atoms with E-state index >= 15 is 0 Å². The molecule has 0 aromatic heterocycles. The van der Waals surface area contributed by atoms with Crippen LogP contribution in [0.2, 0.25) is 0 Å². The fourth-order valence-electron chi connectivity index (χ4n) is 3.06. The summed E-state index contributed by atoms with van der Waals surface area (Å²) in [4.78, 5) is 26.8. The molecule has 2 aromatic rings. The van der Waals surface area contributed by atoms with E-state index in [0.29, 0.717) is 22.6 Å². The summed E-state index contributed by atoms with van der Waals surface area (Å²) in [5.41, 5.74) is -0.625. The van der Waals surface area contributed by atoms with Crippen molar-refractivity contribution in [2.75, 3.05) is 18.6 Å². The summed E-state index contributed by atoms with van der Waals surface area (Å²) in [6.07, 6.45) is 4.97. The average Bonchev–Trinajstić information content (AvgIpc) is 2.84. The maximum atomic E-state index is 12.8. The maximum Gasteiger partial charge on any atom is 0.265 e. The number of para-hydroxylation sites is 1. The minimum absolute atomic E-state index is 0.0332. The van der Waals surface area contributed by atoms with Crippen molar-refractivity contribution in [1.29, 1.82) is 0 Å². The van der Waals surface area contributed by atoms with Gasteiger partial charge in [0.05, 0.1) is 25.8 Å². The largest absolute Gasteiger partial charge is 0.497 e. The Bertz CT molecular complexity index is 883. The highest BCUT2D eigenvalue weighted by atomic mass is 16.5. The first-order valence-electron chi connectivity index (χ1n) is 7.76. The smallest absolute Gasteiger partial charge is 0.265 e. The number of terminal acetylenes is 1. The zero-order chi connectivity index (χ0) is 18.0. The van der Waals surface area contributed by atoms with Crippen LogP contribution in [0.25, 0.3) is 0 Å². The first-order valence-corrected chi connectivity index (χ1v) is 7.76. The van der Waals surface area contributed by atoms with E-state index in [0.717, 1.165) is 0 Å². The number of ketones is 1. The number of hydrogen-bond acceptors (Lipinski definition) is 4. The molecule has 25 heavy (non-hydrogen) atoms. The summed E-state index contributed by atoms with van der Waals surface area (Å²) in [6.45, 7) is 0.0332. The van der Waals surface area contributed by atoms with E-state index in [9.17, 15) is 14.7 Å². The van der Waals surface area contributed by atoms with Crippen molar-refractivity contribution in [1.82, 2.24) is 0 Å². The lowest BCUT2D eigenvalue weighted by Crippen LogP contribution is -2.42. The number of rotatable bonds is 5. The van der Waals surface area contributed by atoms with Crippen molar-refractivity contribution in [3.63, 3.8) is 0 Å². The number of methoxy groups -OCH3 is 1. The molecule has 0 spiro atoms. The third-order valence-corrected chi connectivity index (χ3v) is 4.30. The highest BCUT2D eigenvalue weighted by Gasteiger charge is 2.50. The van der Waals surface area contributed by atoms with Gasteiger partial charge in [0.1, 0.15) is 5.75 Å². The van der Waals surface area contributed by atoms with Gasteiger partial charge in [-0.15, -0.1) is 6.42 Å². The summed E-state index contributed by atoms with van der Waals surface area (Å²) in [5.74, 6) is 2.01. The highest BCUT2D eigenvalue weighted by Crippen LogP contribution is 2.42. The van der Waals surface area contributed by atoms with E-state index in [1.54, 1.807) is 48.5 Å². The third-order valence-electron chi connectivity index (χ3n) is 4.30. The van der Waals surface area contributed by atoms with Gasteiger partial charge in [0.25, 0.3) is 5.91 Å². The number of hydrogen-bond donors (Lipinski definition) is 1. The van der Waals surface area contributed by atoms with Crippen LogP contribution in [0.3, 0.4) is 0 Å². The van der Waals surface area contributed by atoms with Gasteiger partial charge in [-0.05, 0) is 18.2 Å². The number of anilines is 1. The van der Waals surface area contributed by atoms with Crippen molar-refractivity contribution < 1.29 is 19.4 Å². The quantitative estimate of drug-likeness (QED) is 0.671. The van der Waals surface area contributed by atoms with Crippen LogP contribution in [0.1, 0.15) is 22.3 Å². The van der Waals surface area contributed by atoms with Gasteiger partial charge >= 0.3 is 0 Å². The first kappa shape index (κ1) is 16.7.